The van der Waals surface area contributed by atoms with E-state index in [1.54, 1.807) is 0 Å². The topological polar surface area (TPSA) is 49.8 Å². The van der Waals surface area contributed by atoms with E-state index in [-0.39, 0.29) is 0 Å². The molecule has 0 spiro atoms. The van der Waals surface area contributed by atoms with Crippen molar-refractivity contribution in [1.29, 1.82) is 0 Å². The minimum absolute atomic E-state index is 0.538. The molecular formula is C14H15BrN4. The zero-order valence-corrected chi connectivity index (χ0v) is 12.2. The predicted molar refractivity (Wildman–Crippen MR) is 81.0 cm³/mol. The van der Waals surface area contributed by atoms with Crippen LogP contribution in [-0.2, 0) is 0 Å². The van der Waals surface area contributed by atoms with Crippen LogP contribution in [0.4, 0.5) is 17.3 Å². The van der Waals surface area contributed by atoms with E-state index < -0.39 is 0 Å². The van der Waals surface area contributed by atoms with Gasteiger partial charge < -0.3 is 10.6 Å². The Balaban J connectivity index is 1.89. The van der Waals surface area contributed by atoms with E-state index in [9.17, 15) is 0 Å². The maximum atomic E-state index is 4.59. The highest BCUT2D eigenvalue weighted by Gasteiger charge is 2.27. The highest BCUT2D eigenvalue weighted by Crippen LogP contribution is 2.39. The molecule has 0 unspecified atom stereocenters. The van der Waals surface area contributed by atoms with Crippen molar-refractivity contribution in [3.8, 4) is 0 Å². The van der Waals surface area contributed by atoms with Crippen LogP contribution in [0.15, 0.2) is 34.8 Å². The third kappa shape index (κ3) is 3.04. The van der Waals surface area contributed by atoms with Gasteiger partial charge in [-0.3, -0.25) is 0 Å². The van der Waals surface area contributed by atoms with Crippen LogP contribution < -0.4 is 10.6 Å². The van der Waals surface area contributed by atoms with E-state index in [1.165, 1.54) is 12.8 Å². The third-order valence-corrected chi connectivity index (χ3v) is 3.53. The average molecular weight is 319 g/mol. The van der Waals surface area contributed by atoms with Gasteiger partial charge in [0, 0.05) is 29.2 Å². The standard InChI is InChI=1S/C14H15BrN4/c1-16-12-8-13(19-14(18-12)9-5-6-9)17-11-4-2-3-10(15)7-11/h2-4,7-9H,5-6H2,1H3,(H2,16,17,18,19). The van der Waals surface area contributed by atoms with Gasteiger partial charge in [-0.25, -0.2) is 9.97 Å². The minimum Gasteiger partial charge on any atom is -0.373 e. The molecule has 2 N–H and O–H groups in total. The monoisotopic (exact) mass is 318 g/mol. The van der Waals surface area contributed by atoms with Crippen LogP contribution >= 0.6 is 15.9 Å². The molecule has 98 valence electrons. The van der Waals surface area contributed by atoms with Gasteiger partial charge in [-0.1, -0.05) is 22.0 Å². The Kier molecular flexibility index (Phi) is 3.38. The molecule has 2 aromatic rings. The molecule has 5 heteroatoms. The van der Waals surface area contributed by atoms with Crippen molar-refractivity contribution in [3.63, 3.8) is 0 Å². The zero-order valence-electron chi connectivity index (χ0n) is 10.7. The largest absolute Gasteiger partial charge is 0.373 e. The molecule has 19 heavy (non-hydrogen) atoms. The molecule has 1 saturated carbocycles. The smallest absolute Gasteiger partial charge is 0.136 e. The lowest BCUT2D eigenvalue weighted by molar-refractivity contribution is 0.932. The van der Waals surface area contributed by atoms with Crippen LogP contribution in [0.2, 0.25) is 0 Å². The SMILES string of the molecule is CNc1cc(Nc2cccc(Br)c2)nc(C2CC2)n1. The lowest BCUT2D eigenvalue weighted by atomic mass is 10.3. The number of benzene rings is 1. The Morgan fingerprint density at radius 2 is 1.95 bits per heavy atom. The molecule has 0 amide bonds. The number of hydrogen-bond donors (Lipinski definition) is 2. The van der Waals surface area contributed by atoms with Gasteiger partial charge in [0.1, 0.15) is 17.5 Å². The quantitative estimate of drug-likeness (QED) is 0.897. The van der Waals surface area contributed by atoms with E-state index in [0.29, 0.717) is 5.92 Å². The number of halogens is 1. The first-order valence-electron chi connectivity index (χ1n) is 6.34. The van der Waals surface area contributed by atoms with Crippen molar-refractivity contribution in [1.82, 2.24) is 9.97 Å². The molecule has 4 nitrogen and oxygen atoms in total. The fourth-order valence-electron chi connectivity index (χ4n) is 1.90. The molecular weight excluding hydrogens is 304 g/mol. The molecule has 0 aliphatic heterocycles. The number of anilines is 3. The maximum Gasteiger partial charge on any atom is 0.136 e. The fourth-order valence-corrected chi connectivity index (χ4v) is 2.30. The molecule has 0 saturated heterocycles. The van der Waals surface area contributed by atoms with Crippen LogP contribution in [-0.4, -0.2) is 17.0 Å². The van der Waals surface area contributed by atoms with Gasteiger partial charge in [-0.05, 0) is 31.0 Å². The van der Waals surface area contributed by atoms with Crippen molar-refractivity contribution in [3.05, 3.63) is 40.6 Å². The van der Waals surface area contributed by atoms with Crippen molar-refractivity contribution in [2.75, 3.05) is 17.7 Å². The fraction of sp³-hybridized carbons (Fsp3) is 0.286. The molecule has 1 heterocycles. The van der Waals surface area contributed by atoms with E-state index in [4.69, 9.17) is 0 Å². The van der Waals surface area contributed by atoms with Crippen LogP contribution in [0.3, 0.4) is 0 Å². The highest BCUT2D eigenvalue weighted by atomic mass is 79.9. The summed E-state index contributed by atoms with van der Waals surface area (Å²) in [6, 6.07) is 9.96. The Morgan fingerprint density at radius 1 is 1.16 bits per heavy atom. The Morgan fingerprint density at radius 3 is 2.63 bits per heavy atom. The lowest BCUT2D eigenvalue weighted by Gasteiger charge is -2.09. The molecule has 0 atom stereocenters. The van der Waals surface area contributed by atoms with Gasteiger partial charge in [0.15, 0.2) is 0 Å². The first kappa shape index (κ1) is 12.4. The maximum absolute atomic E-state index is 4.59. The van der Waals surface area contributed by atoms with Gasteiger partial charge in [0.2, 0.25) is 0 Å². The van der Waals surface area contributed by atoms with Gasteiger partial charge >= 0.3 is 0 Å². The summed E-state index contributed by atoms with van der Waals surface area (Å²) >= 11 is 3.47. The zero-order chi connectivity index (χ0) is 13.2. The Bertz CT molecular complexity index is 596. The van der Waals surface area contributed by atoms with E-state index in [0.717, 1.165) is 27.6 Å². The first-order valence-corrected chi connectivity index (χ1v) is 7.13. The van der Waals surface area contributed by atoms with E-state index >= 15 is 0 Å². The average Bonchev–Trinajstić information content (AvgIpc) is 3.22. The van der Waals surface area contributed by atoms with Crippen molar-refractivity contribution < 1.29 is 0 Å². The molecule has 1 aliphatic rings. The number of rotatable bonds is 4. The van der Waals surface area contributed by atoms with Gasteiger partial charge in [-0.2, -0.15) is 0 Å². The van der Waals surface area contributed by atoms with Crippen molar-refractivity contribution >= 4 is 33.3 Å². The van der Waals surface area contributed by atoms with Crippen LogP contribution in [0, 0.1) is 0 Å². The number of aromatic nitrogens is 2. The second kappa shape index (κ2) is 5.17. The second-order valence-corrected chi connectivity index (χ2v) is 5.57. The van der Waals surface area contributed by atoms with Crippen LogP contribution in [0.25, 0.3) is 0 Å². The Labute approximate surface area is 120 Å². The first-order chi connectivity index (χ1) is 9.24. The predicted octanol–water partition coefficient (Wildman–Crippen LogP) is 3.90. The molecule has 3 rings (SSSR count). The number of nitrogens with zero attached hydrogens (tertiary/aromatic N) is 2. The Hall–Kier alpha value is -1.62. The highest BCUT2D eigenvalue weighted by molar-refractivity contribution is 9.10. The van der Waals surface area contributed by atoms with Gasteiger partial charge in [0.05, 0.1) is 0 Å². The normalized spacial score (nSPS) is 14.2. The minimum atomic E-state index is 0.538. The van der Waals surface area contributed by atoms with Crippen LogP contribution in [0.5, 0.6) is 0 Å². The summed E-state index contributed by atoms with van der Waals surface area (Å²) < 4.78 is 1.04. The third-order valence-electron chi connectivity index (χ3n) is 3.04. The van der Waals surface area contributed by atoms with E-state index in [2.05, 4.69) is 36.5 Å². The summed E-state index contributed by atoms with van der Waals surface area (Å²) in [5, 5.41) is 6.41. The summed E-state index contributed by atoms with van der Waals surface area (Å²) in [6.07, 6.45) is 2.40. The van der Waals surface area contributed by atoms with E-state index in [1.807, 2.05) is 37.4 Å². The lowest BCUT2D eigenvalue weighted by Crippen LogP contribution is -2.03. The summed E-state index contributed by atoms with van der Waals surface area (Å²) in [7, 11) is 1.88. The summed E-state index contributed by atoms with van der Waals surface area (Å²) in [4.78, 5) is 9.09. The molecule has 1 aliphatic carbocycles. The summed E-state index contributed by atoms with van der Waals surface area (Å²) in [5.74, 6) is 3.16. The molecule has 1 aromatic carbocycles. The van der Waals surface area contributed by atoms with Gasteiger partial charge in [-0.15, -0.1) is 0 Å². The van der Waals surface area contributed by atoms with Gasteiger partial charge in [0.25, 0.3) is 0 Å². The number of nitrogens with one attached hydrogen (secondary N) is 2. The molecule has 0 radical (unpaired) electrons. The van der Waals surface area contributed by atoms with Crippen LogP contribution in [0.1, 0.15) is 24.6 Å². The summed E-state index contributed by atoms with van der Waals surface area (Å²) in [5.41, 5.74) is 1.01. The van der Waals surface area contributed by atoms with Crippen molar-refractivity contribution in [2.45, 2.75) is 18.8 Å². The van der Waals surface area contributed by atoms with Crippen molar-refractivity contribution in [2.24, 2.45) is 0 Å². The second-order valence-electron chi connectivity index (χ2n) is 4.66. The molecule has 0 bridgehead atoms. The molecule has 1 fully saturated rings. The number of hydrogen-bond acceptors (Lipinski definition) is 4. The molecule has 1 aromatic heterocycles. The summed E-state index contributed by atoms with van der Waals surface area (Å²) in [6.45, 7) is 0.